The van der Waals surface area contributed by atoms with Crippen LogP contribution in [0.2, 0.25) is 0 Å². The second kappa shape index (κ2) is 13.4. The van der Waals surface area contributed by atoms with Crippen molar-refractivity contribution in [3.8, 4) is 0 Å². The number of nitrogens with zero attached hydrogens (tertiary/aromatic N) is 2. The van der Waals surface area contributed by atoms with Crippen molar-refractivity contribution in [2.45, 2.75) is 13.8 Å². The average molecular weight is 397 g/mol. The van der Waals surface area contributed by atoms with Gasteiger partial charge in [0.05, 0.1) is 18.1 Å². The largest absolute Gasteiger partial charge is 0.383 e. The second-order valence-corrected chi connectivity index (χ2v) is 8.07. The van der Waals surface area contributed by atoms with Crippen LogP contribution in [0.15, 0.2) is 0 Å². The predicted octanol–water partition coefficient (Wildman–Crippen LogP) is -0.117. The molecule has 0 unspecified atom stereocenters. The van der Waals surface area contributed by atoms with E-state index in [-0.39, 0.29) is 13.1 Å². The summed E-state index contributed by atoms with van der Waals surface area (Å²) < 4.78 is 66.3. The Morgan fingerprint density at radius 3 is 1.78 bits per heavy atom. The maximum absolute atomic E-state index is 10.7. The van der Waals surface area contributed by atoms with Gasteiger partial charge in [0.1, 0.15) is 0 Å². The predicted molar refractivity (Wildman–Crippen MR) is 93.1 cm³/mol. The SMILES string of the molecule is CC.COCCN(CCN(S)CCS(=O)(=O)O)CCS(=O)(=O)O. The summed E-state index contributed by atoms with van der Waals surface area (Å²) in [4.78, 5) is 1.74. The standard InChI is InChI=1S/C9H22N2O7S3.C2H6/c1-18-7-4-10(5-8-20(12,13)14)2-3-11(19)6-9-21(15,16)17;1-2/h19H,2-9H2,1H3,(H,12,13,14)(H,15,16,17);1-2H3. The van der Waals surface area contributed by atoms with Gasteiger partial charge in [-0.15, -0.1) is 0 Å². The highest BCUT2D eigenvalue weighted by atomic mass is 32.2. The summed E-state index contributed by atoms with van der Waals surface area (Å²) in [7, 11) is -6.57. The van der Waals surface area contributed by atoms with Crippen molar-refractivity contribution >= 4 is 33.1 Å². The third kappa shape index (κ3) is 20.0. The molecule has 23 heavy (non-hydrogen) atoms. The maximum atomic E-state index is 10.7. The summed E-state index contributed by atoms with van der Waals surface area (Å²) in [6.45, 7) is 5.79. The van der Waals surface area contributed by atoms with E-state index in [1.54, 1.807) is 4.90 Å². The first kappa shape index (κ1) is 25.3. The maximum Gasteiger partial charge on any atom is 0.266 e. The van der Waals surface area contributed by atoms with Gasteiger partial charge in [-0.2, -0.15) is 16.8 Å². The van der Waals surface area contributed by atoms with Crippen molar-refractivity contribution in [3.63, 3.8) is 0 Å². The first-order chi connectivity index (χ1) is 10.5. The molecule has 0 aromatic carbocycles. The monoisotopic (exact) mass is 396 g/mol. The normalized spacial score (nSPS) is 12.3. The minimum Gasteiger partial charge on any atom is -0.383 e. The lowest BCUT2D eigenvalue weighted by Gasteiger charge is -2.24. The number of rotatable bonds is 12. The Kier molecular flexibility index (Phi) is 14.7. The van der Waals surface area contributed by atoms with Crippen molar-refractivity contribution in [1.29, 1.82) is 0 Å². The molecular formula is C11H28N2O7S3. The quantitative estimate of drug-likeness (QED) is 0.306. The fourth-order valence-corrected chi connectivity index (χ4v) is 2.65. The van der Waals surface area contributed by atoms with E-state index >= 15 is 0 Å². The highest BCUT2D eigenvalue weighted by Crippen LogP contribution is 1.98. The molecule has 12 heteroatoms. The first-order valence-electron chi connectivity index (χ1n) is 7.09. The van der Waals surface area contributed by atoms with Crippen LogP contribution >= 0.6 is 12.8 Å². The van der Waals surface area contributed by atoms with Gasteiger partial charge in [0, 0.05) is 39.8 Å². The molecule has 0 aliphatic rings. The first-order valence-corrected chi connectivity index (χ1v) is 10.7. The highest BCUT2D eigenvalue weighted by Gasteiger charge is 2.13. The number of hydrogen-bond acceptors (Lipinski definition) is 8. The van der Waals surface area contributed by atoms with E-state index in [4.69, 9.17) is 13.8 Å². The van der Waals surface area contributed by atoms with Gasteiger partial charge in [-0.1, -0.05) is 26.7 Å². The third-order valence-electron chi connectivity index (χ3n) is 2.56. The van der Waals surface area contributed by atoms with E-state index in [1.807, 2.05) is 13.8 Å². The molecule has 0 atom stereocenters. The van der Waals surface area contributed by atoms with Crippen LogP contribution < -0.4 is 0 Å². The molecule has 0 fully saturated rings. The van der Waals surface area contributed by atoms with Crippen molar-refractivity contribution < 1.29 is 30.7 Å². The minimum atomic E-state index is -4.04. The van der Waals surface area contributed by atoms with E-state index in [9.17, 15) is 16.8 Å². The summed E-state index contributed by atoms with van der Waals surface area (Å²) in [5.74, 6) is -0.826. The number of methoxy groups -OCH3 is 1. The van der Waals surface area contributed by atoms with Crippen LogP contribution in [0.3, 0.4) is 0 Å². The molecule has 0 bridgehead atoms. The Balaban J connectivity index is 0. The molecule has 142 valence electrons. The summed E-state index contributed by atoms with van der Waals surface area (Å²) in [5.41, 5.74) is 0. The van der Waals surface area contributed by atoms with Gasteiger partial charge in [-0.05, 0) is 0 Å². The molecule has 0 heterocycles. The Morgan fingerprint density at radius 2 is 1.35 bits per heavy atom. The Hall–Kier alpha value is 0.0500. The van der Waals surface area contributed by atoms with E-state index < -0.39 is 31.7 Å². The van der Waals surface area contributed by atoms with Gasteiger partial charge in [-0.3, -0.25) is 18.3 Å². The number of thiol groups is 1. The smallest absolute Gasteiger partial charge is 0.266 e. The zero-order chi connectivity index (χ0) is 18.5. The van der Waals surface area contributed by atoms with Crippen LogP contribution in [0, 0.1) is 0 Å². The van der Waals surface area contributed by atoms with Gasteiger partial charge in [0.2, 0.25) is 0 Å². The molecule has 9 nitrogen and oxygen atoms in total. The topological polar surface area (TPSA) is 124 Å². The molecule has 2 N–H and O–H groups in total. The average Bonchev–Trinajstić information content (AvgIpc) is 2.44. The molecule has 0 spiro atoms. The molecular weight excluding hydrogens is 368 g/mol. The number of ether oxygens (including phenoxy) is 1. The van der Waals surface area contributed by atoms with Crippen molar-refractivity contribution in [3.05, 3.63) is 0 Å². The lowest BCUT2D eigenvalue weighted by molar-refractivity contribution is 0.148. The second-order valence-electron chi connectivity index (χ2n) is 4.36. The lowest BCUT2D eigenvalue weighted by atomic mass is 10.4. The Labute approximate surface area is 145 Å². The van der Waals surface area contributed by atoms with Gasteiger partial charge >= 0.3 is 0 Å². The third-order valence-corrected chi connectivity index (χ3v) is 4.36. The lowest BCUT2D eigenvalue weighted by Crippen LogP contribution is -2.37. The molecule has 0 rings (SSSR count). The molecule has 0 saturated heterocycles. The summed E-state index contributed by atoms with van der Waals surface area (Å²) >= 11 is 4.07. The van der Waals surface area contributed by atoms with E-state index in [2.05, 4.69) is 12.8 Å². The Bertz CT molecular complexity index is 482. The minimum absolute atomic E-state index is 0.0400. The molecule has 0 aromatic heterocycles. The summed E-state index contributed by atoms with van der Waals surface area (Å²) in [5, 5.41) is 0. The van der Waals surface area contributed by atoms with Crippen molar-refractivity contribution in [2.24, 2.45) is 0 Å². The molecule has 0 aliphatic carbocycles. The van der Waals surface area contributed by atoms with E-state index in [0.717, 1.165) is 0 Å². The van der Waals surface area contributed by atoms with E-state index in [1.165, 1.54) is 11.4 Å². The van der Waals surface area contributed by atoms with Crippen LogP contribution in [0.4, 0.5) is 0 Å². The molecule has 0 saturated carbocycles. The zero-order valence-corrected chi connectivity index (χ0v) is 16.3. The highest BCUT2D eigenvalue weighted by molar-refractivity contribution is 7.86. The van der Waals surface area contributed by atoms with E-state index in [0.29, 0.717) is 26.2 Å². The van der Waals surface area contributed by atoms with Gasteiger partial charge < -0.3 is 4.74 Å². The van der Waals surface area contributed by atoms with Gasteiger partial charge in [0.25, 0.3) is 20.2 Å². The zero-order valence-electron chi connectivity index (χ0n) is 13.8. The fraction of sp³-hybridized carbons (Fsp3) is 1.00. The van der Waals surface area contributed by atoms with Crippen LogP contribution in [0.25, 0.3) is 0 Å². The van der Waals surface area contributed by atoms with Crippen LogP contribution in [-0.2, 0) is 25.0 Å². The van der Waals surface area contributed by atoms with Gasteiger partial charge in [0.15, 0.2) is 0 Å². The fourth-order valence-electron chi connectivity index (χ4n) is 1.39. The summed E-state index contributed by atoms with van der Waals surface area (Å²) in [6.07, 6.45) is 0. The molecule has 0 aliphatic heterocycles. The van der Waals surface area contributed by atoms with Crippen molar-refractivity contribution in [1.82, 2.24) is 9.21 Å². The summed E-state index contributed by atoms with van der Waals surface area (Å²) in [6, 6.07) is 0. The van der Waals surface area contributed by atoms with Crippen molar-refractivity contribution in [2.75, 3.05) is 57.9 Å². The van der Waals surface area contributed by atoms with Crippen LogP contribution in [0.5, 0.6) is 0 Å². The van der Waals surface area contributed by atoms with Crippen LogP contribution in [0.1, 0.15) is 13.8 Å². The van der Waals surface area contributed by atoms with Gasteiger partial charge in [-0.25, -0.2) is 0 Å². The Morgan fingerprint density at radius 1 is 0.870 bits per heavy atom. The van der Waals surface area contributed by atoms with Crippen LogP contribution in [-0.4, -0.2) is 93.1 Å². The molecule has 0 aromatic rings. The molecule has 0 amide bonds. The number of hydrogen-bond donors (Lipinski definition) is 3. The molecule has 0 radical (unpaired) electrons.